The summed E-state index contributed by atoms with van der Waals surface area (Å²) in [6.45, 7) is 4.65. The Balaban J connectivity index is 1.26. The lowest BCUT2D eigenvalue weighted by Crippen LogP contribution is -2.58. The smallest absolute Gasteiger partial charge is 0.305 e. The third-order valence-electron chi connectivity index (χ3n) is 7.67. The number of piperidine rings is 1. The topological polar surface area (TPSA) is 40.5 Å². The van der Waals surface area contributed by atoms with Gasteiger partial charge in [0.1, 0.15) is 0 Å². The minimum absolute atomic E-state index is 0.0118. The lowest BCUT2D eigenvalue weighted by atomic mass is 9.69. The van der Waals surface area contributed by atoms with Gasteiger partial charge in [0, 0.05) is 5.54 Å². The number of likely N-dealkylation sites (tertiary alicyclic amines) is 1. The fourth-order valence-electron chi connectivity index (χ4n) is 5.45. The van der Waals surface area contributed by atoms with Crippen LogP contribution >= 0.6 is 0 Å². The molecule has 2 aliphatic carbocycles. The maximum atomic E-state index is 11.3. The van der Waals surface area contributed by atoms with Gasteiger partial charge < -0.3 is 5.11 Å². The quantitative estimate of drug-likeness (QED) is 0.742. The normalized spacial score (nSPS) is 29.7. The highest BCUT2D eigenvalue weighted by molar-refractivity contribution is 5.68. The van der Waals surface area contributed by atoms with Gasteiger partial charge in [0.2, 0.25) is 0 Å². The van der Waals surface area contributed by atoms with Crippen LogP contribution in [0.5, 0.6) is 0 Å². The van der Waals surface area contributed by atoms with Crippen molar-refractivity contribution >= 4 is 5.97 Å². The Morgan fingerprint density at radius 2 is 1.85 bits per heavy atom. The second kappa shape index (κ2) is 6.99. The Kier molecular flexibility index (Phi) is 4.85. The maximum Gasteiger partial charge on any atom is 0.305 e. The largest absolute Gasteiger partial charge is 0.481 e. The molecule has 26 heavy (non-hydrogen) atoms. The summed E-state index contributed by atoms with van der Waals surface area (Å²) in [5.41, 5.74) is 1.97. The third-order valence-corrected chi connectivity index (χ3v) is 7.67. The number of carboxylic acids is 1. The standard InChI is InChI=1S/C23H33NO2/c1-22(11-8-19-16-20(19)18-6-3-2-4-7-18)12-14-24(15-13-22)23(9-5-10-23)17-21(25)26/h2-4,6-7,19-20H,5,8-17H2,1H3,(H,25,26)/t19-,20?/m1/s1. The number of hydrogen-bond donors (Lipinski definition) is 1. The first kappa shape index (κ1) is 18.0. The molecule has 1 aromatic rings. The maximum absolute atomic E-state index is 11.3. The van der Waals surface area contributed by atoms with Crippen LogP contribution in [-0.2, 0) is 4.79 Å². The molecule has 3 nitrogen and oxygen atoms in total. The number of aliphatic carboxylic acids is 1. The van der Waals surface area contributed by atoms with E-state index < -0.39 is 5.97 Å². The lowest BCUT2D eigenvalue weighted by molar-refractivity contribution is -0.143. The first-order valence-corrected chi connectivity index (χ1v) is 10.5. The summed E-state index contributed by atoms with van der Waals surface area (Å²) >= 11 is 0. The second-order valence-electron chi connectivity index (χ2n) is 9.50. The van der Waals surface area contributed by atoms with Gasteiger partial charge in [-0.15, -0.1) is 0 Å². The summed E-state index contributed by atoms with van der Waals surface area (Å²) in [5, 5.41) is 9.29. The predicted octanol–water partition coefficient (Wildman–Crippen LogP) is 5.07. The highest BCUT2D eigenvalue weighted by atomic mass is 16.4. The van der Waals surface area contributed by atoms with Crippen molar-refractivity contribution < 1.29 is 9.90 Å². The van der Waals surface area contributed by atoms with Crippen LogP contribution in [0.2, 0.25) is 0 Å². The van der Waals surface area contributed by atoms with E-state index in [1.807, 2.05) is 0 Å². The zero-order valence-corrected chi connectivity index (χ0v) is 16.1. The summed E-state index contributed by atoms with van der Waals surface area (Å²) in [6.07, 6.45) is 10.2. The fraction of sp³-hybridized carbons (Fsp3) is 0.696. The van der Waals surface area contributed by atoms with Crippen molar-refractivity contribution in [1.82, 2.24) is 4.90 Å². The Bertz CT molecular complexity index is 629. The van der Waals surface area contributed by atoms with E-state index in [0.29, 0.717) is 11.8 Å². The lowest BCUT2D eigenvalue weighted by Gasteiger charge is -2.53. The van der Waals surface area contributed by atoms with Crippen LogP contribution < -0.4 is 0 Å². The Morgan fingerprint density at radius 3 is 2.42 bits per heavy atom. The van der Waals surface area contributed by atoms with Crippen molar-refractivity contribution in [2.75, 3.05) is 13.1 Å². The predicted molar refractivity (Wildman–Crippen MR) is 104 cm³/mol. The Hall–Kier alpha value is -1.35. The molecule has 3 aliphatic rings. The van der Waals surface area contributed by atoms with Gasteiger partial charge in [-0.25, -0.2) is 0 Å². The van der Waals surface area contributed by atoms with Crippen molar-refractivity contribution in [3.8, 4) is 0 Å². The average Bonchev–Trinajstić information content (AvgIpc) is 3.38. The Labute approximate surface area is 157 Å². The summed E-state index contributed by atoms with van der Waals surface area (Å²) in [7, 11) is 0. The molecular weight excluding hydrogens is 322 g/mol. The molecule has 4 rings (SSSR count). The number of rotatable bonds is 7. The Morgan fingerprint density at radius 1 is 1.15 bits per heavy atom. The molecule has 3 fully saturated rings. The molecule has 0 aromatic heterocycles. The van der Waals surface area contributed by atoms with Crippen LogP contribution in [0.4, 0.5) is 0 Å². The number of carboxylic acid groups (broad SMARTS) is 1. The summed E-state index contributed by atoms with van der Waals surface area (Å²) in [4.78, 5) is 13.8. The molecule has 1 N–H and O–H groups in total. The van der Waals surface area contributed by atoms with E-state index in [1.54, 1.807) is 0 Å². The van der Waals surface area contributed by atoms with E-state index in [0.717, 1.165) is 37.8 Å². The zero-order chi connectivity index (χ0) is 18.2. The van der Waals surface area contributed by atoms with Gasteiger partial charge >= 0.3 is 5.97 Å². The number of nitrogens with zero attached hydrogens (tertiary/aromatic N) is 1. The van der Waals surface area contributed by atoms with Crippen molar-refractivity contribution in [1.29, 1.82) is 0 Å². The van der Waals surface area contributed by atoms with Crippen LogP contribution in [0, 0.1) is 11.3 Å². The van der Waals surface area contributed by atoms with Crippen LogP contribution in [0.1, 0.15) is 76.2 Å². The molecule has 2 saturated carbocycles. The van der Waals surface area contributed by atoms with Crippen LogP contribution in [0.3, 0.4) is 0 Å². The average molecular weight is 356 g/mol. The van der Waals surface area contributed by atoms with Crippen LogP contribution in [-0.4, -0.2) is 34.6 Å². The molecule has 3 heteroatoms. The molecule has 1 aliphatic heterocycles. The summed E-state index contributed by atoms with van der Waals surface area (Å²) < 4.78 is 0. The molecule has 0 radical (unpaired) electrons. The van der Waals surface area contributed by atoms with Crippen LogP contribution in [0.25, 0.3) is 0 Å². The zero-order valence-electron chi connectivity index (χ0n) is 16.1. The van der Waals surface area contributed by atoms with E-state index in [-0.39, 0.29) is 5.54 Å². The van der Waals surface area contributed by atoms with Gasteiger partial charge in [0.05, 0.1) is 6.42 Å². The molecule has 0 spiro atoms. The molecule has 2 atom stereocenters. The molecule has 142 valence electrons. The monoisotopic (exact) mass is 355 g/mol. The van der Waals surface area contributed by atoms with Gasteiger partial charge in [-0.05, 0) is 87.3 Å². The number of benzene rings is 1. The molecule has 1 unspecified atom stereocenters. The van der Waals surface area contributed by atoms with Crippen molar-refractivity contribution in [2.24, 2.45) is 11.3 Å². The third kappa shape index (κ3) is 3.69. The van der Waals surface area contributed by atoms with Crippen molar-refractivity contribution in [2.45, 2.75) is 76.2 Å². The van der Waals surface area contributed by atoms with E-state index in [4.69, 9.17) is 0 Å². The summed E-state index contributed by atoms with van der Waals surface area (Å²) in [5.74, 6) is 1.06. The molecular formula is C23H33NO2. The SMILES string of the molecule is CC1(CC[C@@H]2CC2c2ccccc2)CCN(C2(CC(=O)O)CCC2)CC1. The minimum atomic E-state index is -0.626. The minimum Gasteiger partial charge on any atom is -0.481 e. The van der Waals surface area contributed by atoms with Gasteiger partial charge in [-0.1, -0.05) is 37.3 Å². The van der Waals surface area contributed by atoms with Gasteiger partial charge in [-0.3, -0.25) is 9.69 Å². The van der Waals surface area contributed by atoms with Crippen molar-refractivity contribution in [3.05, 3.63) is 35.9 Å². The molecule has 1 aromatic carbocycles. The van der Waals surface area contributed by atoms with E-state index in [9.17, 15) is 9.90 Å². The summed E-state index contributed by atoms with van der Waals surface area (Å²) in [6, 6.07) is 11.0. The molecule has 1 saturated heterocycles. The number of hydrogen-bond acceptors (Lipinski definition) is 2. The molecule has 1 heterocycles. The molecule has 0 amide bonds. The van der Waals surface area contributed by atoms with Gasteiger partial charge in [0.15, 0.2) is 0 Å². The van der Waals surface area contributed by atoms with E-state index in [2.05, 4.69) is 42.2 Å². The first-order valence-electron chi connectivity index (χ1n) is 10.5. The highest BCUT2D eigenvalue weighted by Crippen LogP contribution is 2.52. The van der Waals surface area contributed by atoms with Crippen molar-refractivity contribution in [3.63, 3.8) is 0 Å². The second-order valence-corrected chi connectivity index (χ2v) is 9.50. The van der Waals surface area contributed by atoms with E-state index >= 15 is 0 Å². The highest BCUT2D eigenvalue weighted by Gasteiger charge is 2.47. The van der Waals surface area contributed by atoms with Gasteiger partial charge in [0.25, 0.3) is 0 Å². The molecule has 0 bridgehead atoms. The fourth-order valence-corrected chi connectivity index (χ4v) is 5.45. The van der Waals surface area contributed by atoms with Gasteiger partial charge in [-0.2, -0.15) is 0 Å². The van der Waals surface area contributed by atoms with Crippen LogP contribution in [0.15, 0.2) is 30.3 Å². The number of carbonyl (C=O) groups is 1. The first-order chi connectivity index (χ1) is 12.5. The van der Waals surface area contributed by atoms with E-state index in [1.165, 1.54) is 44.1 Å².